The molecular weight excluding hydrogens is 485 g/mol. The highest BCUT2D eigenvalue weighted by atomic mass is 35.5. The van der Waals surface area contributed by atoms with Crippen LogP contribution in [0.15, 0.2) is 24.5 Å². The fourth-order valence-corrected chi connectivity index (χ4v) is 5.89. The van der Waals surface area contributed by atoms with Crippen molar-refractivity contribution in [1.82, 2.24) is 15.3 Å². The lowest BCUT2D eigenvalue weighted by atomic mass is 9.62. The molecule has 3 aliphatic rings. The number of hydrogen-bond acceptors (Lipinski definition) is 7. The van der Waals surface area contributed by atoms with Crippen molar-refractivity contribution in [1.29, 1.82) is 0 Å². The van der Waals surface area contributed by atoms with Crippen molar-refractivity contribution in [2.24, 2.45) is 5.41 Å². The Kier molecular flexibility index (Phi) is 5.84. The topological polar surface area (TPSA) is 97.4 Å². The zero-order chi connectivity index (χ0) is 24.9. The molecule has 2 fully saturated rings. The van der Waals surface area contributed by atoms with Gasteiger partial charge in [-0.05, 0) is 74.2 Å². The Morgan fingerprint density at radius 2 is 2.00 bits per heavy atom. The molecule has 1 saturated carbocycles. The predicted octanol–water partition coefficient (Wildman–Crippen LogP) is 5.28. The second-order valence-corrected chi connectivity index (χ2v) is 10.3. The first-order valence-electron chi connectivity index (χ1n) is 12.3. The number of anilines is 2. The highest BCUT2D eigenvalue weighted by Crippen LogP contribution is 2.49. The molecule has 1 saturated heterocycles. The molecule has 1 spiro atoms. The van der Waals surface area contributed by atoms with Crippen molar-refractivity contribution >= 4 is 40.0 Å². The number of halogens is 2. The fraction of sp³-hybridized carbons (Fsp3) is 0.423. The SMILES string of the molecule is Cc1c(-c2cc3cc(NC(=O)OC4CC5(CCNCC5)C4)ncc3c(Cl)c2F)cnc2c1NCCO2. The van der Waals surface area contributed by atoms with E-state index in [-0.39, 0.29) is 11.1 Å². The van der Waals surface area contributed by atoms with Crippen LogP contribution >= 0.6 is 11.6 Å². The Morgan fingerprint density at radius 3 is 2.81 bits per heavy atom. The van der Waals surface area contributed by atoms with Crippen LogP contribution in [0.1, 0.15) is 31.2 Å². The molecular formula is C26H27ClFN5O3. The van der Waals surface area contributed by atoms with Gasteiger partial charge < -0.3 is 20.1 Å². The van der Waals surface area contributed by atoms with Crippen LogP contribution < -0.4 is 20.7 Å². The van der Waals surface area contributed by atoms with Gasteiger partial charge >= 0.3 is 6.09 Å². The van der Waals surface area contributed by atoms with Gasteiger partial charge in [0.05, 0.1) is 5.02 Å². The quantitative estimate of drug-likeness (QED) is 0.440. The summed E-state index contributed by atoms with van der Waals surface area (Å²) in [6.07, 6.45) is 6.50. The number of hydrogen-bond donors (Lipinski definition) is 3. The van der Waals surface area contributed by atoms with Gasteiger partial charge in [-0.2, -0.15) is 0 Å². The lowest BCUT2D eigenvalue weighted by Gasteiger charge is -2.49. The van der Waals surface area contributed by atoms with Crippen molar-refractivity contribution in [3.05, 3.63) is 40.9 Å². The summed E-state index contributed by atoms with van der Waals surface area (Å²) in [6, 6.07) is 3.37. The van der Waals surface area contributed by atoms with Gasteiger partial charge in [0, 0.05) is 35.5 Å². The van der Waals surface area contributed by atoms with E-state index in [0.717, 1.165) is 50.0 Å². The normalized spacial score (nSPS) is 18.6. The maximum absolute atomic E-state index is 15.3. The van der Waals surface area contributed by atoms with E-state index in [1.807, 2.05) is 6.92 Å². The standard InChI is InChI=1S/C26H27ClFN5O3/c1-14-18(12-32-24-23(14)30-6-7-35-24)17-8-15-9-20(31-13-19(15)21(27)22(17)28)33-25(34)36-16-10-26(11-16)2-4-29-5-3-26/h8-9,12-13,16,29-30H,2-7,10-11H2,1H3,(H,31,33,34). The number of ether oxygens (including phenoxy) is 2. The average molecular weight is 512 g/mol. The maximum atomic E-state index is 15.3. The van der Waals surface area contributed by atoms with Gasteiger partial charge in [0.1, 0.15) is 30.0 Å². The van der Waals surface area contributed by atoms with Crippen LogP contribution in [0.3, 0.4) is 0 Å². The second kappa shape index (κ2) is 9.05. The Bertz CT molecular complexity index is 1350. The van der Waals surface area contributed by atoms with E-state index in [0.29, 0.717) is 52.2 Å². The minimum Gasteiger partial charge on any atom is -0.474 e. The van der Waals surface area contributed by atoms with Crippen molar-refractivity contribution < 1.29 is 18.7 Å². The molecule has 2 aromatic heterocycles. The van der Waals surface area contributed by atoms with Crippen molar-refractivity contribution in [2.45, 2.75) is 38.7 Å². The van der Waals surface area contributed by atoms with Crippen molar-refractivity contribution in [2.75, 3.05) is 36.9 Å². The summed E-state index contributed by atoms with van der Waals surface area (Å²) in [5.74, 6) is 0.262. The van der Waals surface area contributed by atoms with Crippen LogP contribution in [0.4, 0.5) is 20.7 Å². The predicted molar refractivity (Wildman–Crippen MR) is 136 cm³/mol. The van der Waals surface area contributed by atoms with Gasteiger partial charge in [0.25, 0.3) is 0 Å². The van der Waals surface area contributed by atoms with Crippen LogP contribution in [0.25, 0.3) is 21.9 Å². The number of rotatable bonds is 3. The van der Waals surface area contributed by atoms with Gasteiger partial charge in [-0.3, -0.25) is 5.32 Å². The van der Waals surface area contributed by atoms with Crippen molar-refractivity contribution in [3.8, 4) is 17.0 Å². The monoisotopic (exact) mass is 511 g/mol. The molecule has 0 atom stereocenters. The molecule has 36 heavy (non-hydrogen) atoms. The average Bonchev–Trinajstić information content (AvgIpc) is 2.86. The summed E-state index contributed by atoms with van der Waals surface area (Å²) in [4.78, 5) is 21.1. The van der Waals surface area contributed by atoms with Gasteiger partial charge in [-0.25, -0.2) is 19.2 Å². The van der Waals surface area contributed by atoms with E-state index >= 15 is 4.39 Å². The third-order valence-corrected chi connectivity index (χ3v) is 8.00. The third kappa shape index (κ3) is 4.10. The fourth-order valence-electron chi connectivity index (χ4n) is 5.63. The molecule has 3 N–H and O–H groups in total. The van der Waals surface area contributed by atoms with Crippen LogP contribution in [0.5, 0.6) is 5.88 Å². The molecule has 188 valence electrons. The zero-order valence-electron chi connectivity index (χ0n) is 19.9. The maximum Gasteiger partial charge on any atom is 0.413 e. The molecule has 1 aromatic carbocycles. The largest absolute Gasteiger partial charge is 0.474 e. The molecule has 2 aliphatic heterocycles. The Labute approximate surface area is 212 Å². The van der Waals surface area contributed by atoms with Gasteiger partial charge in [-0.15, -0.1) is 0 Å². The van der Waals surface area contributed by atoms with Gasteiger partial charge in [0.2, 0.25) is 5.88 Å². The lowest BCUT2D eigenvalue weighted by Crippen LogP contribution is -2.49. The summed E-state index contributed by atoms with van der Waals surface area (Å²) in [6.45, 7) is 5.11. The lowest BCUT2D eigenvalue weighted by molar-refractivity contribution is -0.0539. The number of carbonyl (C=O) groups is 1. The Hall–Kier alpha value is -3.17. The first kappa shape index (κ1) is 23.2. The number of nitrogens with zero attached hydrogens (tertiary/aromatic N) is 2. The smallest absolute Gasteiger partial charge is 0.413 e. The van der Waals surface area contributed by atoms with E-state index in [2.05, 4.69) is 25.9 Å². The minimum atomic E-state index is -0.551. The molecule has 4 heterocycles. The Balaban J connectivity index is 1.23. The number of benzene rings is 1. The third-order valence-electron chi connectivity index (χ3n) is 7.63. The number of piperidine rings is 1. The number of carbonyl (C=O) groups excluding carboxylic acids is 1. The number of nitrogens with one attached hydrogen (secondary N) is 3. The molecule has 3 aromatic rings. The van der Waals surface area contributed by atoms with Crippen LogP contribution in [0.2, 0.25) is 5.02 Å². The molecule has 6 rings (SSSR count). The van der Waals surface area contributed by atoms with E-state index in [4.69, 9.17) is 21.1 Å². The highest BCUT2D eigenvalue weighted by molar-refractivity contribution is 6.36. The van der Waals surface area contributed by atoms with E-state index in [1.54, 1.807) is 18.3 Å². The second-order valence-electron chi connectivity index (χ2n) is 9.91. The van der Waals surface area contributed by atoms with E-state index in [9.17, 15) is 4.79 Å². The minimum absolute atomic E-state index is 0.0350. The molecule has 0 unspecified atom stereocenters. The molecule has 0 radical (unpaired) electrons. The summed E-state index contributed by atoms with van der Waals surface area (Å²) < 4.78 is 26.5. The highest BCUT2D eigenvalue weighted by Gasteiger charge is 2.46. The summed E-state index contributed by atoms with van der Waals surface area (Å²) in [7, 11) is 0. The van der Waals surface area contributed by atoms with E-state index in [1.165, 1.54) is 6.20 Å². The molecule has 10 heteroatoms. The van der Waals surface area contributed by atoms with Crippen LogP contribution in [-0.4, -0.2) is 48.4 Å². The van der Waals surface area contributed by atoms with E-state index < -0.39 is 11.9 Å². The number of fused-ring (bicyclic) bond motifs is 2. The molecule has 1 aliphatic carbocycles. The molecule has 8 nitrogen and oxygen atoms in total. The van der Waals surface area contributed by atoms with Gasteiger partial charge in [0.15, 0.2) is 0 Å². The molecule has 1 amide bonds. The van der Waals surface area contributed by atoms with Crippen LogP contribution in [-0.2, 0) is 4.74 Å². The first-order chi connectivity index (χ1) is 17.4. The molecule has 0 bridgehead atoms. The van der Waals surface area contributed by atoms with Gasteiger partial charge in [-0.1, -0.05) is 11.6 Å². The van der Waals surface area contributed by atoms with Crippen LogP contribution in [0, 0.1) is 18.2 Å². The number of aromatic nitrogens is 2. The summed E-state index contributed by atoms with van der Waals surface area (Å²) in [5, 5.41) is 10.4. The number of pyridine rings is 2. The Morgan fingerprint density at radius 1 is 1.19 bits per heavy atom. The zero-order valence-corrected chi connectivity index (χ0v) is 20.7. The van der Waals surface area contributed by atoms with Crippen molar-refractivity contribution in [3.63, 3.8) is 0 Å². The summed E-state index contributed by atoms with van der Waals surface area (Å²) >= 11 is 6.41. The first-order valence-corrected chi connectivity index (χ1v) is 12.6. The number of amides is 1. The summed E-state index contributed by atoms with van der Waals surface area (Å²) in [5.41, 5.74) is 2.80.